The fraction of sp³-hybridized carbons (Fsp3) is 0.857. The molecule has 0 aromatic heterocycles. The molecule has 2 heteroatoms. The lowest BCUT2D eigenvalue weighted by atomic mass is 10.4. The molecule has 0 bridgehead atoms. The minimum Gasteiger partial charge on any atom is -0.361 e. The lowest BCUT2D eigenvalue weighted by Crippen LogP contribution is -2.27. The Balaban J connectivity index is 2.30. The number of amidine groups is 1. The smallest absolute Gasteiger partial charge is 0.0954 e. The molecular formula is C7H14N2. The summed E-state index contributed by atoms with van der Waals surface area (Å²) in [6.45, 7) is 2.03. The van der Waals surface area contributed by atoms with Gasteiger partial charge in [-0.25, -0.2) is 0 Å². The van der Waals surface area contributed by atoms with E-state index in [1.165, 1.54) is 12.8 Å². The van der Waals surface area contributed by atoms with E-state index in [1.54, 1.807) is 0 Å². The first kappa shape index (κ1) is 6.59. The Bertz CT molecular complexity index is 116. The molecule has 1 N–H and O–H groups in total. The molecule has 1 aliphatic rings. The molecule has 0 saturated heterocycles. The molecule has 9 heavy (non-hydrogen) atoms. The number of rotatable bonds is 2. The number of hydrogen-bond acceptors (Lipinski definition) is 1. The number of nitrogens with zero attached hydrogens (tertiary/aromatic N) is 1. The summed E-state index contributed by atoms with van der Waals surface area (Å²) in [7, 11) is 2.02. The van der Waals surface area contributed by atoms with Crippen LogP contribution in [0.4, 0.5) is 0 Å². The van der Waals surface area contributed by atoms with Gasteiger partial charge < -0.3 is 4.90 Å². The average Bonchev–Trinajstić information content (AvgIpc) is 2.66. The van der Waals surface area contributed by atoms with E-state index >= 15 is 0 Å². The second-order valence-electron chi connectivity index (χ2n) is 2.64. The van der Waals surface area contributed by atoms with Crippen LogP contribution in [0.3, 0.4) is 0 Å². The fourth-order valence-electron chi connectivity index (χ4n) is 0.932. The van der Waals surface area contributed by atoms with Gasteiger partial charge in [-0.2, -0.15) is 0 Å². The maximum absolute atomic E-state index is 7.44. The van der Waals surface area contributed by atoms with E-state index in [9.17, 15) is 0 Å². The van der Waals surface area contributed by atoms with Crippen molar-refractivity contribution >= 4 is 5.84 Å². The monoisotopic (exact) mass is 126 g/mol. The van der Waals surface area contributed by atoms with E-state index < -0.39 is 0 Å². The summed E-state index contributed by atoms with van der Waals surface area (Å²) in [6.07, 6.45) is 3.45. The van der Waals surface area contributed by atoms with Crippen molar-refractivity contribution in [3.05, 3.63) is 0 Å². The lowest BCUT2D eigenvalue weighted by Gasteiger charge is -2.17. The third kappa shape index (κ3) is 1.44. The molecule has 0 spiro atoms. The van der Waals surface area contributed by atoms with Crippen LogP contribution in [0.1, 0.15) is 26.2 Å². The molecule has 0 aliphatic heterocycles. The summed E-state index contributed by atoms with van der Waals surface area (Å²) in [6, 6.07) is 0.706. The van der Waals surface area contributed by atoms with E-state index in [1.807, 2.05) is 14.0 Å². The molecule has 0 atom stereocenters. The summed E-state index contributed by atoms with van der Waals surface area (Å²) in [5.41, 5.74) is 0. The predicted molar refractivity (Wildman–Crippen MR) is 38.8 cm³/mol. The second-order valence-corrected chi connectivity index (χ2v) is 2.64. The standard InChI is InChI=1S/C7H14N2/c1-3-7(8)9(2)6-4-5-6/h6,8H,3-5H2,1-2H3. The van der Waals surface area contributed by atoms with Crippen molar-refractivity contribution in [1.29, 1.82) is 5.41 Å². The summed E-state index contributed by atoms with van der Waals surface area (Å²) in [5, 5.41) is 7.44. The largest absolute Gasteiger partial charge is 0.361 e. The van der Waals surface area contributed by atoms with E-state index in [0.717, 1.165) is 12.3 Å². The molecule has 0 aromatic carbocycles. The zero-order valence-corrected chi connectivity index (χ0v) is 6.15. The first-order valence-electron chi connectivity index (χ1n) is 3.56. The van der Waals surface area contributed by atoms with Crippen molar-refractivity contribution in [2.45, 2.75) is 32.2 Å². The highest BCUT2D eigenvalue weighted by atomic mass is 15.2. The van der Waals surface area contributed by atoms with E-state index in [-0.39, 0.29) is 0 Å². The molecule has 1 aliphatic carbocycles. The van der Waals surface area contributed by atoms with E-state index in [2.05, 4.69) is 4.90 Å². The minimum atomic E-state index is 0.706. The molecule has 1 rings (SSSR count). The Kier molecular flexibility index (Phi) is 1.74. The molecule has 0 unspecified atom stereocenters. The highest BCUT2D eigenvalue weighted by Gasteiger charge is 2.26. The average molecular weight is 126 g/mol. The van der Waals surface area contributed by atoms with Crippen LogP contribution in [-0.4, -0.2) is 23.8 Å². The molecule has 1 saturated carbocycles. The molecule has 0 aromatic rings. The van der Waals surface area contributed by atoms with Crippen molar-refractivity contribution in [3.63, 3.8) is 0 Å². The van der Waals surface area contributed by atoms with Gasteiger partial charge in [0, 0.05) is 19.5 Å². The molecular weight excluding hydrogens is 112 g/mol. The van der Waals surface area contributed by atoms with Crippen molar-refractivity contribution in [2.75, 3.05) is 7.05 Å². The zero-order valence-electron chi connectivity index (χ0n) is 6.15. The third-order valence-electron chi connectivity index (χ3n) is 1.86. The van der Waals surface area contributed by atoms with Gasteiger partial charge in [-0.15, -0.1) is 0 Å². The maximum Gasteiger partial charge on any atom is 0.0954 e. The molecule has 1 fully saturated rings. The van der Waals surface area contributed by atoms with Gasteiger partial charge in [-0.05, 0) is 12.8 Å². The number of nitrogens with one attached hydrogen (secondary N) is 1. The van der Waals surface area contributed by atoms with Crippen molar-refractivity contribution in [2.24, 2.45) is 0 Å². The summed E-state index contributed by atoms with van der Waals surface area (Å²) < 4.78 is 0. The third-order valence-corrected chi connectivity index (χ3v) is 1.86. The van der Waals surface area contributed by atoms with Gasteiger partial charge in [0.25, 0.3) is 0 Å². The normalized spacial score (nSPS) is 17.6. The van der Waals surface area contributed by atoms with Crippen LogP contribution in [0, 0.1) is 5.41 Å². The Labute approximate surface area is 56.4 Å². The summed E-state index contributed by atoms with van der Waals surface area (Å²) in [5.74, 6) is 0.775. The Morgan fingerprint density at radius 1 is 1.67 bits per heavy atom. The van der Waals surface area contributed by atoms with Crippen LogP contribution in [0.5, 0.6) is 0 Å². The SMILES string of the molecule is CCC(=N)N(C)C1CC1. The topological polar surface area (TPSA) is 27.1 Å². The van der Waals surface area contributed by atoms with Gasteiger partial charge in [-0.1, -0.05) is 6.92 Å². The van der Waals surface area contributed by atoms with Crippen LogP contribution in [0.15, 0.2) is 0 Å². The van der Waals surface area contributed by atoms with Gasteiger partial charge in [0.2, 0.25) is 0 Å². The van der Waals surface area contributed by atoms with Gasteiger partial charge >= 0.3 is 0 Å². The van der Waals surface area contributed by atoms with E-state index in [0.29, 0.717) is 6.04 Å². The Hall–Kier alpha value is -0.530. The minimum absolute atomic E-state index is 0.706. The molecule has 0 radical (unpaired) electrons. The van der Waals surface area contributed by atoms with Crippen LogP contribution in [-0.2, 0) is 0 Å². The Morgan fingerprint density at radius 2 is 2.22 bits per heavy atom. The van der Waals surface area contributed by atoms with Crippen LogP contribution in [0.25, 0.3) is 0 Å². The van der Waals surface area contributed by atoms with Gasteiger partial charge in [-0.3, -0.25) is 5.41 Å². The fourth-order valence-corrected chi connectivity index (χ4v) is 0.932. The molecule has 0 heterocycles. The summed E-state index contributed by atoms with van der Waals surface area (Å²) >= 11 is 0. The quantitative estimate of drug-likeness (QED) is 0.440. The van der Waals surface area contributed by atoms with Gasteiger partial charge in [0.05, 0.1) is 5.84 Å². The second kappa shape index (κ2) is 2.38. The van der Waals surface area contributed by atoms with Gasteiger partial charge in [0.1, 0.15) is 0 Å². The van der Waals surface area contributed by atoms with Gasteiger partial charge in [0.15, 0.2) is 0 Å². The highest BCUT2D eigenvalue weighted by molar-refractivity contribution is 5.79. The highest BCUT2D eigenvalue weighted by Crippen LogP contribution is 2.25. The maximum atomic E-state index is 7.44. The lowest BCUT2D eigenvalue weighted by molar-refractivity contribution is 0.482. The molecule has 0 amide bonds. The van der Waals surface area contributed by atoms with Crippen LogP contribution in [0.2, 0.25) is 0 Å². The summed E-state index contributed by atoms with van der Waals surface area (Å²) in [4.78, 5) is 2.08. The van der Waals surface area contributed by atoms with E-state index in [4.69, 9.17) is 5.41 Å². The van der Waals surface area contributed by atoms with Crippen molar-refractivity contribution in [3.8, 4) is 0 Å². The Morgan fingerprint density at radius 3 is 2.56 bits per heavy atom. The zero-order chi connectivity index (χ0) is 6.85. The first-order valence-corrected chi connectivity index (χ1v) is 3.56. The first-order chi connectivity index (χ1) is 4.25. The molecule has 52 valence electrons. The predicted octanol–water partition coefficient (Wildman–Crippen LogP) is 1.47. The van der Waals surface area contributed by atoms with Crippen molar-refractivity contribution in [1.82, 2.24) is 4.90 Å². The van der Waals surface area contributed by atoms with Crippen LogP contribution >= 0.6 is 0 Å². The number of hydrogen-bond donors (Lipinski definition) is 1. The molecule has 2 nitrogen and oxygen atoms in total. The van der Waals surface area contributed by atoms with Crippen LogP contribution < -0.4 is 0 Å². The van der Waals surface area contributed by atoms with Crippen molar-refractivity contribution < 1.29 is 0 Å².